The average molecular weight is 256 g/mol. The topological polar surface area (TPSA) is 49.5 Å². The number of hydrogen-bond acceptors (Lipinski definition) is 3. The second-order valence-electron chi connectivity index (χ2n) is 4.57. The zero-order chi connectivity index (χ0) is 13.5. The first-order chi connectivity index (χ1) is 9.29. The molecule has 0 spiro atoms. The van der Waals surface area contributed by atoms with Gasteiger partial charge in [0.05, 0.1) is 0 Å². The molecule has 2 aromatic carbocycles. The molecule has 0 atom stereocenters. The molecule has 0 heterocycles. The van der Waals surface area contributed by atoms with Gasteiger partial charge in [0.25, 0.3) is 0 Å². The number of phenols is 1. The van der Waals surface area contributed by atoms with E-state index in [1.54, 1.807) is 12.1 Å². The number of nitrogens with two attached hydrogens (primary N) is 1. The maximum Gasteiger partial charge on any atom is 0.115 e. The van der Waals surface area contributed by atoms with Crippen LogP contribution in [0.4, 0.5) is 5.69 Å². The second-order valence-corrected chi connectivity index (χ2v) is 4.57. The summed E-state index contributed by atoms with van der Waals surface area (Å²) in [5.41, 5.74) is 7.88. The van der Waals surface area contributed by atoms with Crippen LogP contribution >= 0.6 is 0 Å². The molecule has 0 bridgehead atoms. The lowest BCUT2D eigenvalue weighted by molar-refractivity contribution is 0.474. The van der Waals surface area contributed by atoms with Crippen LogP contribution in [0.1, 0.15) is 12.0 Å². The molecule has 0 saturated heterocycles. The van der Waals surface area contributed by atoms with Crippen LogP contribution in [0.5, 0.6) is 5.75 Å². The fraction of sp³-hybridized carbons (Fsp3) is 0.250. The molecule has 19 heavy (non-hydrogen) atoms. The SMILES string of the molecule is NCCCN(Cc1cccc(O)c1)c1ccccc1. The maximum atomic E-state index is 9.53. The van der Waals surface area contributed by atoms with Crippen LogP contribution in [-0.4, -0.2) is 18.2 Å². The van der Waals surface area contributed by atoms with Crippen LogP contribution in [-0.2, 0) is 6.54 Å². The highest BCUT2D eigenvalue weighted by molar-refractivity contribution is 5.47. The normalized spacial score (nSPS) is 10.4. The molecular formula is C16H20N2O. The van der Waals surface area contributed by atoms with E-state index in [9.17, 15) is 5.11 Å². The molecule has 2 aromatic rings. The minimum atomic E-state index is 0.310. The van der Waals surface area contributed by atoms with Gasteiger partial charge >= 0.3 is 0 Å². The molecule has 2 rings (SSSR count). The van der Waals surface area contributed by atoms with Gasteiger partial charge in [0.1, 0.15) is 5.75 Å². The van der Waals surface area contributed by atoms with Gasteiger partial charge in [-0.05, 0) is 42.8 Å². The third kappa shape index (κ3) is 4.00. The zero-order valence-electron chi connectivity index (χ0n) is 11.0. The molecule has 0 aliphatic rings. The molecule has 0 amide bonds. The van der Waals surface area contributed by atoms with Crippen LogP contribution < -0.4 is 10.6 Å². The van der Waals surface area contributed by atoms with Crippen LogP contribution in [0, 0.1) is 0 Å². The summed E-state index contributed by atoms with van der Waals surface area (Å²) in [6.45, 7) is 2.37. The number of nitrogens with zero attached hydrogens (tertiary/aromatic N) is 1. The van der Waals surface area contributed by atoms with Crippen molar-refractivity contribution in [2.24, 2.45) is 5.73 Å². The molecular weight excluding hydrogens is 236 g/mol. The van der Waals surface area contributed by atoms with Gasteiger partial charge in [-0.1, -0.05) is 30.3 Å². The number of aromatic hydroxyl groups is 1. The molecule has 3 heteroatoms. The lowest BCUT2D eigenvalue weighted by Gasteiger charge is -2.25. The number of hydrogen-bond donors (Lipinski definition) is 2. The maximum absolute atomic E-state index is 9.53. The van der Waals surface area contributed by atoms with Gasteiger partial charge in [-0.25, -0.2) is 0 Å². The molecule has 0 unspecified atom stereocenters. The third-order valence-electron chi connectivity index (χ3n) is 3.04. The number of phenolic OH excluding ortho intramolecular Hbond substituents is 1. The minimum absolute atomic E-state index is 0.310. The van der Waals surface area contributed by atoms with Crippen molar-refractivity contribution in [1.29, 1.82) is 0 Å². The monoisotopic (exact) mass is 256 g/mol. The largest absolute Gasteiger partial charge is 0.508 e. The Balaban J connectivity index is 2.14. The number of anilines is 1. The Hall–Kier alpha value is -2.00. The van der Waals surface area contributed by atoms with E-state index in [1.807, 2.05) is 30.3 Å². The van der Waals surface area contributed by atoms with Gasteiger partial charge in [-0.3, -0.25) is 0 Å². The second kappa shape index (κ2) is 6.81. The van der Waals surface area contributed by atoms with Crippen molar-refractivity contribution in [3.05, 3.63) is 60.2 Å². The van der Waals surface area contributed by atoms with Gasteiger partial charge in [0.15, 0.2) is 0 Å². The summed E-state index contributed by atoms with van der Waals surface area (Å²) in [6.07, 6.45) is 0.952. The summed E-state index contributed by atoms with van der Waals surface area (Å²) in [4.78, 5) is 2.28. The summed E-state index contributed by atoms with van der Waals surface area (Å²) in [6, 6.07) is 17.7. The molecule has 0 aliphatic heterocycles. The summed E-state index contributed by atoms with van der Waals surface area (Å²) in [5.74, 6) is 0.310. The van der Waals surface area contributed by atoms with Crippen LogP contribution in [0.2, 0.25) is 0 Å². The number of para-hydroxylation sites is 1. The minimum Gasteiger partial charge on any atom is -0.508 e. The Bertz CT molecular complexity index is 499. The van der Waals surface area contributed by atoms with Crippen molar-refractivity contribution in [3.8, 4) is 5.75 Å². The molecule has 0 saturated carbocycles. The summed E-state index contributed by atoms with van der Waals surface area (Å²) in [5, 5.41) is 9.53. The van der Waals surface area contributed by atoms with Gasteiger partial charge in [0.2, 0.25) is 0 Å². The Morgan fingerprint density at radius 1 is 1.00 bits per heavy atom. The van der Waals surface area contributed by atoms with Crippen molar-refractivity contribution in [2.45, 2.75) is 13.0 Å². The lowest BCUT2D eigenvalue weighted by Crippen LogP contribution is -2.25. The number of benzene rings is 2. The predicted octanol–water partition coefficient (Wildman–Crippen LogP) is 2.75. The molecule has 100 valence electrons. The van der Waals surface area contributed by atoms with Crippen molar-refractivity contribution in [3.63, 3.8) is 0 Å². The van der Waals surface area contributed by atoms with Gasteiger partial charge in [-0.2, -0.15) is 0 Å². The molecule has 3 N–H and O–H groups in total. The highest BCUT2D eigenvalue weighted by Gasteiger charge is 2.07. The van der Waals surface area contributed by atoms with E-state index in [-0.39, 0.29) is 0 Å². The predicted molar refractivity (Wildman–Crippen MR) is 79.3 cm³/mol. The van der Waals surface area contributed by atoms with E-state index in [0.29, 0.717) is 12.3 Å². The zero-order valence-corrected chi connectivity index (χ0v) is 11.0. The summed E-state index contributed by atoms with van der Waals surface area (Å²) < 4.78 is 0. The fourth-order valence-electron chi connectivity index (χ4n) is 2.10. The van der Waals surface area contributed by atoms with E-state index < -0.39 is 0 Å². The molecule has 0 fully saturated rings. The van der Waals surface area contributed by atoms with Crippen molar-refractivity contribution >= 4 is 5.69 Å². The Morgan fingerprint density at radius 3 is 2.47 bits per heavy atom. The van der Waals surface area contributed by atoms with Crippen molar-refractivity contribution < 1.29 is 5.11 Å². The van der Waals surface area contributed by atoms with E-state index in [1.165, 1.54) is 5.69 Å². The highest BCUT2D eigenvalue weighted by atomic mass is 16.3. The van der Waals surface area contributed by atoms with E-state index >= 15 is 0 Å². The van der Waals surface area contributed by atoms with E-state index in [2.05, 4.69) is 17.0 Å². The standard InChI is InChI=1S/C16H20N2O/c17-10-5-11-18(15-7-2-1-3-8-15)13-14-6-4-9-16(19)12-14/h1-4,6-9,12,19H,5,10-11,13,17H2. The molecule has 0 aliphatic carbocycles. The van der Waals surface area contributed by atoms with Crippen LogP contribution in [0.25, 0.3) is 0 Å². The van der Waals surface area contributed by atoms with Crippen LogP contribution in [0.3, 0.4) is 0 Å². The van der Waals surface area contributed by atoms with Crippen LogP contribution in [0.15, 0.2) is 54.6 Å². The Labute approximate surface area is 114 Å². The first-order valence-corrected chi connectivity index (χ1v) is 6.57. The first-order valence-electron chi connectivity index (χ1n) is 6.57. The van der Waals surface area contributed by atoms with E-state index in [4.69, 9.17) is 5.73 Å². The smallest absolute Gasteiger partial charge is 0.115 e. The van der Waals surface area contributed by atoms with Crippen molar-refractivity contribution in [1.82, 2.24) is 0 Å². The van der Waals surface area contributed by atoms with E-state index in [0.717, 1.165) is 25.1 Å². The number of rotatable bonds is 6. The summed E-state index contributed by atoms with van der Waals surface area (Å²) in [7, 11) is 0. The van der Waals surface area contributed by atoms with Gasteiger partial charge in [-0.15, -0.1) is 0 Å². The Kier molecular flexibility index (Phi) is 4.81. The third-order valence-corrected chi connectivity index (χ3v) is 3.04. The molecule has 3 nitrogen and oxygen atoms in total. The Morgan fingerprint density at radius 2 is 1.79 bits per heavy atom. The molecule has 0 aromatic heterocycles. The highest BCUT2D eigenvalue weighted by Crippen LogP contribution is 2.19. The van der Waals surface area contributed by atoms with Gasteiger partial charge < -0.3 is 15.7 Å². The first kappa shape index (κ1) is 13.4. The lowest BCUT2D eigenvalue weighted by atomic mass is 10.1. The van der Waals surface area contributed by atoms with Crippen molar-refractivity contribution in [2.75, 3.05) is 18.0 Å². The van der Waals surface area contributed by atoms with Gasteiger partial charge in [0, 0.05) is 18.8 Å². The quantitative estimate of drug-likeness (QED) is 0.835. The summed E-state index contributed by atoms with van der Waals surface area (Å²) >= 11 is 0. The average Bonchev–Trinajstić information content (AvgIpc) is 2.44. The fourth-order valence-corrected chi connectivity index (χ4v) is 2.10. The molecule has 0 radical (unpaired) electrons.